The average molecular weight is 179 g/mol. The average Bonchev–Trinajstić information content (AvgIpc) is 2.33. The van der Waals surface area contributed by atoms with Crippen molar-refractivity contribution < 1.29 is 0 Å². The Bertz CT molecular complexity index is 195. The van der Waals surface area contributed by atoms with Crippen LogP contribution in [0.5, 0.6) is 0 Å². The zero-order chi connectivity index (χ0) is 8.89. The third-order valence-corrected chi connectivity index (χ3v) is 4.89. The first-order valence-electron chi connectivity index (χ1n) is 5.98. The fourth-order valence-electron chi connectivity index (χ4n) is 4.50. The fraction of sp³-hybridized carbons (Fsp3) is 1.00. The van der Waals surface area contributed by atoms with Gasteiger partial charge in [-0.05, 0) is 56.9 Å². The number of rotatable bonds is 1. The molecule has 0 aromatic rings. The molecular weight excluding hydrogens is 158 g/mol. The summed E-state index contributed by atoms with van der Waals surface area (Å²) in [6, 6.07) is 0. The summed E-state index contributed by atoms with van der Waals surface area (Å²) in [5.41, 5.74) is 0.576. The molecule has 74 valence electrons. The molecule has 2 unspecified atom stereocenters. The Morgan fingerprint density at radius 3 is 2.00 bits per heavy atom. The number of hydrogen-bond acceptors (Lipinski definition) is 1. The molecule has 0 spiro atoms. The highest BCUT2D eigenvalue weighted by Gasteiger charge is 2.47. The molecule has 2 atom stereocenters. The third-order valence-electron chi connectivity index (χ3n) is 4.89. The first kappa shape index (κ1) is 8.28. The van der Waals surface area contributed by atoms with E-state index in [2.05, 4.69) is 12.4 Å². The van der Waals surface area contributed by atoms with Gasteiger partial charge in [-0.2, -0.15) is 0 Å². The van der Waals surface area contributed by atoms with E-state index in [0.717, 1.165) is 17.8 Å². The van der Waals surface area contributed by atoms with Crippen molar-refractivity contribution in [2.45, 2.75) is 50.5 Å². The monoisotopic (exact) mass is 179 g/mol. The van der Waals surface area contributed by atoms with Crippen LogP contribution in [-0.2, 0) is 0 Å². The molecule has 1 heteroatoms. The minimum absolute atomic E-state index is 0.576. The maximum atomic E-state index is 3.65. The van der Waals surface area contributed by atoms with Gasteiger partial charge in [0.05, 0.1) is 0 Å². The van der Waals surface area contributed by atoms with E-state index in [4.69, 9.17) is 0 Å². The Balaban J connectivity index is 1.92. The van der Waals surface area contributed by atoms with Crippen LogP contribution in [-0.4, -0.2) is 12.6 Å². The summed E-state index contributed by atoms with van der Waals surface area (Å²) in [5.74, 6) is 3.21. The topological polar surface area (TPSA) is 12.0 Å². The lowest BCUT2D eigenvalue weighted by atomic mass is 9.63. The third kappa shape index (κ3) is 1.24. The highest BCUT2D eigenvalue weighted by atomic mass is 15.0. The van der Waals surface area contributed by atoms with E-state index in [1.54, 1.807) is 12.8 Å². The van der Waals surface area contributed by atoms with Gasteiger partial charge in [-0.15, -0.1) is 0 Å². The molecule has 0 saturated heterocycles. The zero-order valence-corrected chi connectivity index (χ0v) is 8.68. The van der Waals surface area contributed by atoms with E-state index in [1.807, 2.05) is 0 Å². The molecule has 4 fully saturated rings. The second-order valence-corrected chi connectivity index (χ2v) is 5.79. The maximum Gasteiger partial charge on any atom is 0.0186 e. The minimum Gasteiger partial charge on any atom is -0.314 e. The van der Waals surface area contributed by atoms with Gasteiger partial charge in [-0.3, -0.25) is 0 Å². The van der Waals surface area contributed by atoms with Crippen molar-refractivity contribution in [2.24, 2.45) is 17.8 Å². The summed E-state index contributed by atoms with van der Waals surface area (Å²) in [5, 5.41) is 3.65. The summed E-state index contributed by atoms with van der Waals surface area (Å²) >= 11 is 0. The number of nitrogens with one attached hydrogen (secondary N) is 1. The van der Waals surface area contributed by atoms with E-state index in [0.29, 0.717) is 5.54 Å². The lowest BCUT2D eigenvalue weighted by Crippen LogP contribution is -2.51. The molecule has 0 aliphatic heterocycles. The predicted molar refractivity (Wildman–Crippen MR) is 54.6 cm³/mol. The molecule has 0 amide bonds. The van der Waals surface area contributed by atoms with Crippen LogP contribution >= 0.6 is 0 Å². The molecule has 4 aliphatic carbocycles. The van der Waals surface area contributed by atoms with E-state index in [1.165, 1.54) is 32.1 Å². The first-order valence-corrected chi connectivity index (χ1v) is 5.98. The van der Waals surface area contributed by atoms with Crippen molar-refractivity contribution in [1.29, 1.82) is 0 Å². The molecule has 4 aliphatic rings. The Hall–Kier alpha value is -0.0400. The molecular formula is C12H21N. The van der Waals surface area contributed by atoms with Gasteiger partial charge in [0.15, 0.2) is 0 Å². The highest BCUT2D eigenvalue weighted by molar-refractivity contribution is 5.03. The summed E-state index contributed by atoms with van der Waals surface area (Å²) < 4.78 is 0. The van der Waals surface area contributed by atoms with Crippen molar-refractivity contribution in [1.82, 2.24) is 5.32 Å². The van der Waals surface area contributed by atoms with E-state index >= 15 is 0 Å². The molecule has 0 radical (unpaired) electrons. The maximum absolute atomic E-state index is 3.65. The SMILES string of the molecule is CNC12CC3CCC(CC(C3)C1)C2. The van der Waals surface area contributed by atoms with Gasteiger partial charge in [0.2, 0.25) is 0 Å². The van der Waals surface area contributed by atoms with E-state index in [9.17, 15) is 0 Å². The second kappa shape index (κ2) is 2.73. The normalized spacial score (nSPS) is 53.8. The number of hydrogen-bond donors (Lipinski definition) is 1. The molecule has 0 heterocycles. The molecule has 4 rings (SSSR count). The molecule has 13 heavy (non-hydrogen) atoms. The molecule has 0 aromatic carbocycles. The lowest BCUT2D eigenvalue weighted by Gasteiger charge is -2.48. The number of fused-ring (bicyclic) bond motifs is 1. The quantitative estimate of drug-likeness (QED) is 0.652. The van der Waals surface area contributed by atoms with Gasteiger partial charge >= 0.3 is 0 Å². The zero-order valence-electron chi connectivity index (χ0n) is 8.68. The van der Waals surface area contributed by atoms with Crippen LogP contribution < -0.4 is 5.32 Å². The lowest BCUT2D eigenvalue weighted by molar-refractivity contribution is 0.0797. The smallest absolute Gasteiger partial charge is 0.0186 e. The summed E-state index contributed by atoms with van der Waals surface area (Å²) in [6.07, 6.45) is 10.6. The standard InChI is InChI=1S/C12H21N/c1-13-12-6-9-2-3-10(7-12)5-11(4-9)8-12/h9-11,13H,2-8H2,1H3. The van der Waals surface area contributed by atoms with Gasteiger partial charge in [0.1, 0.15) is 0 Å². The van der Waals surface area contributed by atoms with Crippen LogP contribution in [0.3, 0.4) is 0 Å². The fourth-order valence-corrected chi connectivity index (χ4v) is 4.50. The Labute approximate surface area is 81.3 Å². The first-order chi connectivity index (χ1) is 6.30. The van der Waals surface area contributed by atoms with Crippen LogP contribution in [0.2, 0.25) is 0 Å². The Morgan fingerprint density at radius 1 is 0.923 bits per heavy atom. The van der Waals surface area contributed by atoms with Crippen LogP contribution in [0.4, 0.5) is 0 Å². The Kier molecular flexibility index (Phi) is 1.74. The van der Waals surface area contributed by atoms with Crippen molar-refractivity contribution in [3.05, 3.63) is 0 Å². The van der Waals surface area contributed by atoms with Gasteiger partial charge in [-0.25, -0.2) is 0 Å². The summed E-state index contributed by atoms with van der Waals surface area (Å²) in [7, 11) is 2.19. The Morgan fingerprint density at radius 2 is 1.46 bits per heavy atom. The molecule has 0 aromatic heterocycles. The highest BCUT2D eigenvalue weighted by Crippen LogP contribution is 2.52. The van der Waals surface area contributed by atoms with Gasteiger partial charge < -0.3 is 5.32 Å². The minimum atomic E-state index is 0.576. The van der Waals surface area contributed by atoms with Gasteiger partial charge in [0, 0.05) is 5.54 Å². The largest absolute Gasteiger partial charge is 0.314 e. The molecule has 1 nitrogen and oxygen atoms in total. The molecule has 4 saturated carbocycles. The van der Waals surface area contributed by atoms with Crippen LogP contribution in [0.1, 0.15) is 44.9 Å². The van der Waals surface area contributed by atoms with Crippen molar-refractivity contribution in [3.8, 4) is 0 Å². The van der Waals surface area contributed by atoms with Crippen molar-refractivity contribution >= 4 is 0 Å². The predicted octanol–water partition coefficient (Wildman–Crippen LogP) is 2.56. The van der Waals surface area contributed by atoms with Crippen LogP contribution in [0.25, 0.3) is 0 Å². The van der Waals surface area contributed by atoms with Crippen molar-refractivity contribution in [2.75, 3.05) is 7.05 Å². The van der Waals surface area contributed by atoms with Crippen molar-refractivity contribution in [3.63, 3.8) is 0 Å². The van der Waals surface area contributed by atoms with Crippen LogP contribution in [0.15, 0.2) is 0 Å². The summed E-state index contributed by atoms with van der Waals surface area (Å²) in [4.78, 5) is 0. The molecule has 1 N–H and O–H groups in total. The molecule has 4 bridgehead atoms. The van der Waals surface area contributed by atoms with E-state index in [-0.39, 0.29) is 0 Å². The van der Waals surface area contributed by atoms with E-state index < -0.39 is 0 Å². The summed E-state index contributed by atoms with van der Waals surface area (Å²) in [6.45, 7) is 0. The second-order valence-electron chi connectivity index (χ2n) is 5.79. The van der Waals surface area contributed by atoms with Crippen LogP contribution in [0, 0.1) is 17.8 Å². The van der Waals surface area contributed by atoms with Gasteiger partial charge in [0.25, 0.3) is 0 Å². The van der Waals surface area contributed by atoms with Gasteiger partial charge in [-0.1, -0.05) is 12.8 Å².